The van der Waals surface area contributed by atoms with E-state index in [1.807, 2.05) is 0 Å². The third-order valence-electron chi connectivity index (χ3n) is 0.498. The molecule has 0 aliphatic heterocycles. The number of Topliss-reactive ketones (excluding diaryl/α,β-unsaturated/α-hetero) is 2. The summed E-state index contributed by atoms with van der Waals surface area (Å²) in [5.74, 6) is -0.125. The molecule has 9 heavy (non-hydrogen) atoms. The second-order valence-electron chi connectivity index (χ2n) is 1.58. The summed E-state index contributed by atoms with van der Waals surface area (Å²) in [4.78, 5) is 20.1. The van der Waals surface area contributed by atoms with Gasteiger partial charge in [0.05, 0.1) is 6.42 Å². The molecule has 0 atom stereocenters. The van der Waals surface area contributed by atoms with E-state index in [9.17, 15) is 9.59 Å². The fourth-order valence-corrected chi connectivity index (χ4v) is 0.351. The Labute approximate surface area is 67.0 Å². The SMILES string of the molecule is CC(=O)CC(C)=O.[Cl][Fe]. The van der Waals surface area contributed by atoms with Crippen molar-refractivity contribution in [2.75, 3.05) is 0 Å². The molecule has 0 heterocycles. The topological polar surface area (TPSA) is 34.1 Å². The van der Waals surface area contributed by atoms with E-state index in [-0.39, 0.29) is 18.0 Å². The van der Waals surface area contributed by atoms with Gasteiger partial charge in [-0.3, -0.25) is 9.59 Å². The van der Waals surface area contributed by atoms with Crippen LogP contribution in [0.5, 0.6) is 0 Å². The van der Waals surface area contributed by atoms with E-state index in [1.165, 1.54) is 13.8 Å². The van der Waals surface area contributed by atoms with Crippen molar-refractivity contribution in [1.82, 2.24) is 0 Å². The molecule has 0 amide bonds. The average Bonchev–Trinajstić information content (AvgIpc) is 1.68. The van der Waals surface area contributed by atoms with E-state index in [0.29, 0.717) is 0 Å². The van der Waals surface area contributed by atoms with Crippen LogP contribution in [0.15, 0.2) is 0 Å². The Bertz CT molecular complexity index is 91.1. The molecule has 2 nitrogen and oxygen atoms in total. The number of hydrogen-bond donors (Lipinski definition) is 0. The fourth-order valence-electron chi connectivity index (χ4n) is 0.351. The first-order valence-electron chi connectivity index (χ1n) is 2.25. The molecule has 0 radical (unpaired) electrons. The zero-order valence-electron chi connectivity index (χ0n) is 5.26. The minimum atomic E-state index is -0.0625. The van der Waals surface area contributed by atoms with Gasteiger partial charge >= 0.3 is 25.2 Å². The van der Waals surface area contributed by atoms with Crippen LogP contribution in [0, 0.1) is 0 Å². The molecular formula is C5H8ClFeO2. The van der Waals surface area contributed by atoms with Crippen LogP contribution in [-0.2, 0) is 24.7 Å². The van der Waals surface area contributed by atoms with Crippen molar-refractivity contribution < 1.29 is 24.7 Å². The third kappa shape index (κ3) is 17.9. The number of halogens is 1. The van der Waals surface area contributed by atoms with Crippen molar-refractivity contribution >= 4 is 21.7 Å². The van der Waals surface area contributed by atoms with Gasteiger partial charge in [-0.25, -0.2) is 0 Å². The summed E-state index contributed by atoms with van der Waals surface area (Å²) >= 11 is 2.72. The maximum absolute atomic E-state index is 10.0. The molecule has 0 aliphatic carbocycles. The predicted molar refractivity (Wildman–Crippen MR) is 31.8 cm³/mol. The first-order chi connectivity index (χ1) is 4.13. The fraction of sp³-hybridized carbons (Fsp3) is 0.600. The van der Waals surface area contributed by atoms with Gasteiger partial charge in [-0.15, -0.1) is 0 Å². The van der Waals surface area contributed by atoms with Gasteiger partial charge in [0.25, 0.3) is 0 Å². The van der Waals surface area contributed by atoms with Crippen molar-refractivity contribution in [2.45, 2.75) is 20.3 Å². The molecule has 0 aliphatic rings. The van der Waals surface area contributed by atoms with Crippen LogP contribution in [0.4, 0.5) is 0 Å². The van der Waals surface area contributed by atoms with Gasteiger partial charge in [-0.05, 0) is 13.8 Å². The molecule has 0 rings (SSSR count). The Morgan fingerprint density at radius 3 is 1.44 bits per heavy atom. The number of carbonyl (C=O) groups is 2. The van der Waals surface area contributed by atoms with Gasteiger partial charge in [-0.1, -0.05) is 0 Å². The first-order valence-corrected chi connectivity index (χ1v) is 3.77. The predicted octanol–water partition coefficient (Wildman–Crippen LogP) is 1.24. The van der Waals surface area contributed by atoms with Gasteiger partial charge in [0.1, 0.15) is 11.6 Å². The van der Waals surface area contributed by atoms with Gasteiger partial charge in [-0.2, -0.15) is 0 Å². The molecule has 0 fully saturated rings. The maximum atomic E-state index is 10.0. The second-order valence-corrected chi connectivity index (χ2v) is 1.58. The van der Waals surface area contributed by atoms with Gasteiger partial charge in [0.2, 0.25) is 0 Å². The van der Waals surface area contributed by atoms with Crippen LogP contribution < -0.4 is 0 Å². The second kappa shape index (κ2) is 8.15. The molecular weight excluding hydrogens is 183 g/mol. The van der Waals surface area contributed by atoms with E-state index in [0.717, 1.165) is 0 Å². The number of hydrogen-bond acceptors (Lipinski definition) is 2. The van der Waals surface area contributed by atoms with E-state index in [2.05, 4.69) is 25.2 Å². The van der Waals surface area contributed by atoms with Crippen molar-refractivity contribution in [1.29, 1.82) is 0 Å². The number of carbonyl (C=O) groups excluding carboxylic acids is 2. The zero-order chi connectivity index (χ0) is 7.86. The zero-order valence-corrected chi connectivity index (χ0v) is 7.12. The molecule has 0 aromatic carbocycles. The molecule has 0 bridgehead atoms. The molecule has 0 N–H and O–H groups in total. The quantitative estimate of drug-likeness (QED) is 0.486. The Kier molecular flexibility index (Phi) is 10.8. The van der Waals surface area contributed by atoms with Crippen LogP contribution in [0.1, 0.15) is 20.3 Å². The van der Waals surface area contributed by atoms with Crippen molar-refractivity contribution in [2.24, 2.45) is 0 Å². The summed E-state index contributed by atoms with van der Waals surface area (Å²) in [5, 5.41) is 0. The standard InChI is InChI=1S/C5H8O2.ClH.Fe/c1-4(6)3-5(2)7;;/h3H2,1-2H3;1H;/q;;+1/p-1. The molecule has 0 aromatic heterocycles. The van der Waals surface area contributed by atoms with Gasteiger partial charge in [0.15, 0.2) is 0 Å². The third-order valence-corrected chi connectivity index (χ3v) is 0.498. The molecule has 0 spiro atoms. The summed E-state index contributed by atoms with van der Waals surface area (Å²) in [6.45, 7) is 2.81. The number of rotatable bonds is 2. The number of ketones is 2. The summed E-state index contributed by atoms with van der Waals surface area (Å²) in [6.07, 6.45) is 0.0833. The van der Waals surface area contributed by atoms with Gasteiger partial charge < -0.3 is 0 Å². The Morgan fingerprint density at radius 2 is 1.44 bits per heavy atom. The van der Waals surface area contributed by atoms with E-state index in [4.69, 9.17) is 0 Å². The van der Waals surface area contributed by atoms with Gasteiger partial charge in [0, 0.05) is 0 Å². The summed E-state index contributed by atoms with van der Waals surface area (Å²) in [6, 6.07) is 0. The Morgan fingerprint density at radius 1 is 1.22 bits per heavy atom. The van der Waals surface area contributed by atoms with E-state index >= 15 is 0 Å². The van der Waals surface area contributed by atoms with Crippen molar-refractivity contribution in [3.05, 3.63) is 0 Å². The van der Waals surface area contributed by atoms with Crippen LogP contribution in [0.3, 0.4) is 0 Å². The molecule has 0 aromatic rings. The van der Waals surface area contributed by atoms with Crippen LogP contribution in [-0.4, -0.2) is 11.6 Å². The van der Waals surface area contributed by atoms with Crippen molar-refractivity contribution in [3.8, 4) is 0 Å². The van der Waals surface area contributed by atoms with E-state index < -0.39 is 0 Å². The molecule has 4 heteroatoms. The van der Waals surface area contributed by atoms with Crippen LogP contribution in [0.25, 0.3) is 0 Å². The summed E-state index contributed by atoms with van der Waals surface area (Å²) in [7, 11) is 4.39. The monoisotopic (exact) mass is 191 g/mol. The Balaban J connectivity index is 0. The average molecular weight is 191 g/mol. The molecule has 0 saturated heterocycles. The minimum absolute atomic E-state index is 0.0625. The van der Waals surface area contributed by atoms with Crippen LogP contribution >= 0.6 is 10.1 Å². The normalized spacial score (nSPS) is 7.11. The molecule has 0 saturated carbocycles. The van der Waals surface area contributed by atoms with Crippen molar-refractivity contribution in [3.63, 3.8) is 0 Å². The molecule has 0 unspecified atom stereocenters. The summed E-state index contributed by atoms with van der Waals surface area (Å²) in [5.41, 5.74) is 0. The van der Waals surface area contributed by atoms with Crippen LogP contribution in [0.2, 0.25) is 0 Å². The van der Waals surface area contributed by atoms with E-state index in [1.54, 1.807) is 0 Å². The molecule has 55 valence electrons. The first kappa shape index (κ1) is 11.9. The Hall–Kier alpha value is 0.149. The summed E-state index contributed by atoms with van der Waals surface area (Å²) < 4.78 is 0.